The summed E-state index contributed by atoms with van der Waals surface area (Å²) in [6.07, 6.45) is 2.72. The number of rotatable bonds is 2. The molecule has 1 aromatic carbocycles. The molecule has 0 aliphatic heterocycles. The summed E-state index contributed by atoms with van der Waals surface area (Å²) in [5.41, 5.74) is 1.46. The van der Waals surface area contributed by atoms with Gasteiger partial charge in [0.2, 0.25) is 0 Å². The number of hydrogen-bond donors (Lipinski definition) is 0. The fourth-order valence-electron chi connectivity index (χ4n) is 2.21. The first-order valence-electron chi connectivity index (χ1n) is 5.42. The van der Waals surface area contributed by atoms with Crippen molar-refractivity contribution in [3.05, 3.63) is 34.9 Å². The summed E-state index contributed by atoms with van der Waals surface area (Å²) in [5, 5.41) is 0.841. The molecule has 1 aliphatic carbocycles. The second kappa shape index (κ2) is 3.94. The molecule has 0 radical (unpaired) electrons. The first-order chi connectivity index (χ1) is 6.66. The fourth-order valence-corrected chi connectivity index (χ4v) is 2.34. The molecule has 2 rings (SSSR count). The van der Waals surface area contributed by atoms with Crippen molar-refractivity contribution in [1.29, 1.82) is 0 Å². The molecule has 1 heteroatoms. The molecule has 1 saturated carbocycles. The lowest BCUT2D eigenvalue weighted by Crippen LogP contribution is -2.25. The topological polar surface area (TPSA) is 0 Å². The van der Waals surface area contributed by atoms with Crippen LogP contribution in [-0.4, -0.2) is 0 Å². The van der Waals surface area contributed by atoms with E-state index in [-0.39, 0.29) is 0 Å². The molecule has 0 amide bonds. The molecule has 0 unspecified atom stereocenters. The number of benzene rings is 1. The van der Waals surface area contributed by atoms with Crippen molar-refractivity contribution in [1.82, 2.24) is 0 Å². The van der Waals surface area contributed by atoms with Crippen LogP contribution in [0.15, 0.2) is 24.3 Å². The Morgan fingerprint density at radius 2 is 1.71 bits per heavy atom. The van der Waals surface area contributed by atoms with Crippen LogP contribution in [0.1, 0.15) is 38.2 Å². The smallest absolute Gasteiger partial charge is 0.0406 e. The minimum Gasteiger partial charge on any atom is -0.0843 e. The lowest BCUT2D eigenvalue weighted by molar-refractivity contribution is 0.197. The van der Waals surface area contributed by atoms with E-state index >= 15 is 0 Å². The Morgan fingerprint density at radius 3 is 2.21 bits per heavy atom. The molecule has 0 saturated heterocycles. The predicted octanol–water partition coefficient (Wildman–Crippen LogP) is 4.49. The van der Waals surface area contributed by atoms with Crippen LogP contribution in [0.3, 0.4) is 0 Å². The molecule has 0 nitrogen and oxygen atoms in total. The molecular formula is C13H17Cl. The Labute approximate surface area is 91.3 Å². The van der Waals surface area contributed by atoms with Gasteiger partial charge in [0.15, 0.2) is 0 Å². The van der Waals surface area contributed by atoms with Gasteiger partial charge in [0.25, 0.3) is 0 Å². The van der Waals surface area contributed by atoms with Crippen molar-refractivity contribution >= 4 is 11.6 Å². The van der Waals surface area contributed by atoms with Gasteiger partial charge in [-0.2, -0.15) is 0 Å². The molecule has 0 aromatic heterocycles. The van der Waals surface area contributed by atoms with E-state index in [1.54, 1.807) is 0 Å². The molecule has 0 bridgehead atoms. The van der Waals surface area contributed by atoms with Gasteiger partial charge in [0.05, 0.1) is 0 Å². The van der Waals surface area contributed by atoms with Gasteiger partial charge in [0, 0.05) is 5.02 Å². The Morgan fingerprint density at radius 1 is 1.14 bits per heavy atom. The summed E-state index contributed by atoms with van der Waals surface area (Å²) in [4.78, 5) is 0. The fraction of sp³-hybridized carbons (Fsp3) is 0.538. The van der Waals surface area contributed by atoms with Crippen LogP contribution in [0.25, 0.3) is 0 Å². The van der Waals surface area contributed by atoms with Gasteiger partial charge < -0.3 is 0 Å². The molecule has 76 valence electrons. The van der Waals surface area contributed by atoms with Crippen molar-refractivity contribution in [2.75, 3.05) is 0 Å². The Kier molecular flexibility index (Phi) is 2.83. The summed E-state index contributed by atoms with van der Waals surface area (Å²) >= 11 is 5.86. The highest BCUT2D eigenvalue weighted by molar-refractivity contribution is 6.30. The van der Waals surface area contributed by atoms with E-state index < -0.39 is 0 Å². The first kappa shape index (κ1) is 10.0. The SMILES string of the molecule is CC(C)C1CC(c2ccc(Cl)cc2)C1. The van der Waals surface area contributed by atoms with Crippen molar-refractivity contribution in [2.24, 2.45) is 11.8 Å². The quantitative estimate of drug-likeness (QED) is 0.672. The molecule has 1 fully saturated rings. The van der Waals surface area contributed by atoms with Crippen molar-refractivity contribution < 1.29 is 0 Å². The largest absolute Gasteiger partial charge is 0.0843 e. The predicted molar refractivity (Wildman–Crippen MR) is 61.8 cm³/mol. The van der Waals surface area contributed by atoms with E-state index in [1.807, 2.05) is 12.1 Å². The molecule has 0 N–H and O–H groups in total. The lowest BCUT2D eigenvalue weighted by atomic mass is 9.67. The van der Waals surface area contributed by atoms with Crippen LogP contribution >= 0.6 is 11.6 Å². The van der Waals surface area contributed by atoms with Gasteiger partial charge in [-0.15, -0.1) is 0 Å². The number of hydrogen-bond acceptors (Lipinski definition) is 0. The van der Waals surface area contributed by atoms with Crippen LogP contribution in [0, 0.1) is 11.8 Å². The van der Waals surface area contributed by atoms with Gasteiger partial charge in [-0.25, -0.2) is 0 Å². The maximum Gasteiger partial charge on any atom is 0.0406 e. The second-order valence-electron chi connectivity index (χ2n) is 4.72. The Balaban J connectivity index is 1.96. The monoisotopic (exact) mass is 208 g/mol. The maximum atomic E-state index is 5.86. The van der Waals surface area contributed by atoms with Gasteiger partial charge in [-0.3, -0.25) is 0 Å². The van der Waals surface area contributed by atoms with E-state index in [0.29, 0.717) is 0 Å². The van der Waals surface area contributed by atoms with Crippen LogP contribution < -0.4 is 0 Å². The van der Waals surface area contributed by atoms with E-state index in [2.05, 4.69) is 26.0 Å². The maximum absolute atomic E-state index is 5.86. The van der Waals surface area contributed by atoms with Crippen LogP contribution in [-0.2, 0) is 0 Å². The second-order valence-corrected chi connectivity index (χ2v) is 5.16. The highest BCUT2D eigenvalue weighted by Gasteiger charge is 2.31. The van der Waals surface area contributed by atoms with Crippen molar-refractivity contribution in [3.63, 3.8) is 0 Å². The third-order valence-electron chi connectivity index (χ3n) is 3.46. The minimum atomic E-state index is 0.791. The van der Waals surface area contributed by atoms with Gasteiger partial charge in [-0.1, -0.05) is 37.6 Å². The van der Waals surface area contributed by atoms with E-state index in [0.717, 1.165) is 22.8 Å². The molecule has 0 spiro atoms. The standard InChI is InChI=1S/C13H17Cl/c1-9(2)11-7-12(8-11)10-3-5-13(14)6-4-10/h3-6,9,11-12H,7-8H2,1-2H3. The molecule has 14 heavy (non-hydrogen) atoms. The molecule has 0 heterocycles. The summed E-state index contributed by atoms with van der Waals surface area (Å²) < 4.78 is 0. The lowest BCUT2D eigenvalue weighted by Gasteiger charge is -2.38. The molecule has 1 aliphatic rings. The normalized spacial score (nSPS) is 26.3. The van der Waals surface area contributed by atoms with Gasteiger partial charge in [0.1, 0.15) is 0 Å². The zero-order chi connectivity index (χ0) is 10.1. The molecule has 1 aromatic rings. The van der Waals surface area contributed by atoms with E-state index in [9.17, 15) is 0 Å². The summed E-state index contributed by atoms with van der Waals surface area (Å²) in [5.74, 6) is 2.58. The van der Waals surface area contributed by atoms with Crippen LogP contribution in [0.2, 0.25) is 5.02 Å². The number of halogens is 1. The Hall–Kier alpha value is -0.490. The molecular weight excluding hydrogens is 192 g/mol. The summed E-state index contributed by atoms with van der Waals surface area (Å²) in [7, 11) is 0. The summed E-state index contributed by atoms with van der Waals surface area (Å²) in [6.45, 7) is 4.64. The van der Waals surface area contributed by atoms with Gasteiger partial charge in [-0.05, 0) is 48.3 Å². The zero-order valence-electron chi connectivity index (χ0n) is 8.83. The highest BCUT2D eigenvalue weighted by Crippen LogP contribution is 2.45. The minimum absolute atomic E-state index is 0.791. The van der Waals surface area contributed by atoms with Crippen molar-refractivity contribution in [3.8, 4) is 0 Å². The Bertz CT molecular complexity index is 294. The summed E-state index contributed by atoms with van der Waals surface area (Å²) in [6, 6.07) is 8.34. The van der Waals surface area contributed by atoms with Crippen LogP contribution in [0.5, 0.6) is 0 Å². The average molecular weight is 209 g/mol. The van der Waals surface area contributed by atoms with Crippen LogP contribution in [0.4, 0.5) is 0 Å². The van der Waals surface area contributed by atoms with E-state index in [1.165, 1.54) is 18.4 Å². The first-order valence-corrected chi connectivity index (χ1v) is 5.80. The average Bonchev–Trinajstić information content (AvgIpc) is 2.05. The van der Waals surface area contributed by atoms with E-state index in [4.69, 9.17) is 11.6 Å². The van der Waals surface area contributed by atoms with Gasteiger partial charge >= 0.3 is 0 Å². The van der Waals surface area contributed by atoms with Crippen molar-refractivity contribution in [2.45, 2.75) is 32.6 Å². The third-order valence-corrected chi connectivity index (χ3v) is 3.71. The third kappa shape index (κ3) is 1.95. The molecule has 0 atom stereocenters. The highest BCUT2D eigenvalue weighted by atomic mass is 35.5. The zero-order valence-corrected chi connectivity index (χ0v) is 9.59.